The van der Waals surface area contributed by atoms with Gasteiger partial charge in [0, 0.05) is 12.0 Å². The van der Waals surface area contributed by atoms with E-state index in [1.165, 1.54) is 39.3 Å². The molecule has 2 heteroatoms. The molecule has 0 saturated carbocycles. The first-order chi connectivity index (χ1) is 7.42. The highest BCUT2D eigenvalue weighted by Crippen LogP contribution is 2.27. The van der Waals surface area contributed by atoms with Crippen molar-refractivity contribution in [2.75, 3.05) is 12.7 Å². The summed E-state index contributed by atoms with van der Waals surface area (Å²) in [5.41, 5.74) is 1.47. The second kappa shape index (κ2) is 5.44. The summed E-state index contributed by atoms with van der Waals surface area (Å²) in [4.78, 5) is 0. The van der Waals surface area contributed by atoms with Gasteiger partial charge in [0.15, 0.2) is 0 Å². The lowest BCUT2D eigenvalue weighted by molar-refractivity contribution is 0.523. The Bertz CT molecular complexity index is 304. The highest BCUT2D eigenvalue weighted by atomic mass is 31.1. The molecule has 1 nitrogen and oxygen atoms in total. The van der Waals surface area contributed by atoms with Gasteiger partial charge in [0.25, 0.3) is 0 Å². The summed E-state index contributed by atoms with van der Waals surface area (Å²) in [6.45, 7) is 1.18. The predicted molar refractivity (Wildman–Crippen MR) is 69.1 cm³/mol. The Kier molecular flexibility index (Phi) is 3.94. The van der Waals surface area contributed by atoms with Crippen LogP contribution in [0, 0.1) is 0 Å². The van der Waals surface area contributed by atoms with Crippen molar-refractivity contribution in [1.29, 1.82) is 0 Å². The van der Waals surface area contributed by atoms with Gasteiger partial charge in [-0.15, -0.1) is 8.20 Å². The van der Waals surface area contributed by atoms with E-state index in [1.54, 1.807) is 0 Å². The Labute approximate surface area is 93.7 Å². The van der Waals surface area contributed by atoms with E-state index in [9.17, 15) is 0 Å². The first-order valence-corrected chi connectivity index (χ1v) is 6.89. The lowest BCUT2D eigenvalue weighted by Gasteiger charge is -2.22. The Morgan fingerprint density at radius 1 is 1.40 bits per heavy atom. The zero-order valence-electron chi connectivity index (χ0n) is 9.02. The van der Waals surface area contributed by atoms with Gasteiger partial charge in [-0.2, -0.15) is 0 Å². The molecule has 1 aliphatic rings. The van der Waals surface area contributed by atoms with Crippen molar-refractivity contribution in [3.05, 3.63) is 35.9 Å². The minimum absolute atomic E-state index is 0.646. The molecule has 1 aliphatic heterocycles. The molecule has 2 rings (SSSR count). The van der Waals surface area contributed by atoms with Crippen LogP contribution < -0.4 is 5.32 Å². The third kappa shape index (κ3) is 2.68. The molecular formula is C13H18NP. The smallest absolute Gasteiger partial charge is 0.0143 e. The fraction of sp³-hybridized carbons (Fsp3) is 0.462. The van der Waals surface area contributed by atoms with Crippen LogP contribution in [0.4, 0.5) is 0 Å². The number of nitrogens with one attached hydrogen (secondary N) is 1. The molecule has 80 valence electrons. The molecule has 0 bridgehead atoms. The Hall–Kier alpha value is -0.650. The molecule has 1 aromatic carbocycles. The minimum Gasteiger partial charge on any atom is -0.313 e. The summed E-state index contributed by atoms with van der Waals surface area (Å²) in [5, 5.41) is 3.61. The van der Waals surface area contributed by atoms with Crippen molar-refractivity contribution >= 4 is 14.5 Å². The molecule has 15 heavy (non-hydrogen) atoms. The maximum atomic E-state index is 3.97. The molecule has 1 aromatic rings. The molecule has 0 aromatic heterocycles. The maximum Gasteiger partial charge on any atom is 0.0143 e. The maximum absolute atomic E-state index is 3.97. The van der Waals surface area contributed by atoms with Crippen LogP contribution in [0.15, 0.2) is 30.3 Å². The van der Waals surface area contributed by atoms with Gasteiger partial charge in [0.05, 0.1) is 0 Å². The molecule has 1 N–H and O–H groups in total. The molecule has 0 spiro atoms. The Morgan fingerprint density at radius 3 is 2.80 bits per heavy atom. The van der Waals surface area contributed by atoms with Crippen LogP contribution in [0.5, 0.6) is 0 Å². The zero-order valence-corrected chi connectivity index (χ0v) is 9.92. The SMILES string of the molecule is C=PCC(c1ccccc1)[C@@H]1CCCN1. The van der Waals surface area contributed by atoms with Crippen LogP contribution in [-0.4, -0.2) is 25.0 Å². The van der Waals surface area contributed by atoms with Crippen LogP contribution >= 0.6 is 8.20 Å². The average molecular weight is 219 g/mol. The summed E-state index contributed by atoms with van der Waals surface area (Å²) in [5.74, 6) is 0.646. The predicted octanol–water partition coefficient (Wildman–Crippen LogP) is 2.90. The van der Waals surface area contributed by atoms with E-state index >= 15 is 0 Å². The molecule has 1 fully saturated rings. The summed E-state index contributed by atoms with van der Waals surface area (Å²) in [6.07, 6.45) is 7.77. The standard InChI is InChI=1S/C13H18NP/c1-15-10-12(13-8-5-9-14-13)11-6-3-2-4-7-11/h2-4,6-7,12-14H,1,5,8-10H2/t12?,13-/m0/s1. The molecule has 0 aliphatic carbocycles. The highest BCUT2D eigenvalue weighted by Gasteiger charge is 2.24. The van der Waals surface area contributed by atoms with E-state index in [1.807, 2.05) is 0 Å². The van der Waals surface area contributed by atoms with Crippen molar-refractivity contribution in [1.82, 2.24) is 5.32 Å². The minimum atomic E-state index is 0.646. The van der Waals surface area contributed by atoms with E-state index in [-0.39, 0.29) is 0 Å². The second-order valence-electron chi connectivity index (χ2n) is 4.13. The number of rotatable bonds is 4. The van der Waals surface area contributed by atoms with Crippen LogP contribution in [-0.2, 0) is 0 Å². The van der Waals surface area contributed by atoms with Crippen molar-refractivity contribution in [3.63, 3.8) is 0 Å². The third-order valence-corrected chi connectivity index (χ3v) is 3.79. The monoisotopic (exact) mass is 219 g/mol. The fourth-order valence-corrected chi connectivity index (χ4v) is 3.10. The van der Waals surface area contributed by atoms with E-state index in [4.69, 9.17) is 0 Å². The van der Waals surface area contributed by atoms with Gasteiger partial charge in [-0.25, -0.2) is 0 Å². The molecule has 1 heterocycles. The zero-order chi connectivity index (χ0) is 10.5. The van der Waals surface area contributed by atoms with Gasteiger partial charge in [0.1, 0.15) is 0 Å². The molecule has 2 atom stereocenters. The topological polar surface area (TPSA) is 12.0 Å². The number of benzene rings is 1. The van der Waals surface area contributed by atoms with Gasteiger partial charge in [0.2, 0.25) is 0 Å². The summed E-state index contributed by atoms with van der Waals surface area (Å²) >= 11 is 0. The van der Waals surface area contributed by atoms with E-state index in [0.29, 0.717) is 12.0 Å². The lowest BCUT2D eigenvalue weighted by Crippen LogP contribution is -2.29. The highest BCUT2D eigenvalue weighted by molar-refractivity contribution is 7.36. The largest absolute Gasteiger partial charge is 0.313 e. The van der Waals surface area contributed by atoms with Gasteiger partial charge >= 0.3 is 0 Å². The van der Waals surface area contributed by atoms with Crippen molar-refractivity contribution in [2.45, 2.75) is 24.8 Å². The van der Waals surface area contributed by atoms with Gasteiger partial charge in [-0.3, -0.25) is 0 Å². The molecular weight excluding hydrogens is 201 g/mol. The first-order valence-electron chi connectivity index (χ1n) is 5.62. The first kappa shape index (κ1) is 10.9. The van der Waals surface area contributed by atoms with Crippen molar-refractivity contribution in [3.8, 4) is 0 Å². The van der Waals surface area contributed by atoms with E-state index < -0.39 is 0 Å². The van der Waals surface area contributed by atoms with Crippen molar-refractivity contribution < 1.29 is 0 Å². The van der Waals surface area contributed by atoms with Crippen LogP contribution in [0.2, 0.25) is 0 Å². The molecule has 0 amide bonds. The van der Waals surface area contributed by atoms with Crippen LogP contribution in [0.1, 0.15) is 24.3 Å². The van der Waals surface area contributed by atoms with E-state index in [2.05, 4.69) is 41.9 Å². The van der Waals surface area contributed by atoms with Crippen LogP contribution in [0.25, 0.3) is 0 Å². The normalized spacial score (nSPS) is 23.1. The third-order valence-electron chi connectivity index (χ3n) is 3.14. The van der Waals surface area contributed by atoms with Gasteiger partial charge in [-0.05, 0) is 31.1 Å². The van der Waals surface area contributed by atoms with Gasteiger partial charge < -0.3 is 5.32 Å². The molecule has 0 radical (unpaired) electrons. The van der Waals surface area contributed by atoms with E-state index in [0.717, 1.165) is 0 Å². The van der Waals surface area contributed by atoms with Crippen LogP contribution in [0.3, 0.4) is 0 Å². The number of hydrogen-bond acceptors (Lipinski definition) is 1. The van der Waals surface area contributed by atoms with Gasteiger partial charge in [-0.1, -0.05) is 36.6 Å². The van der Waals surface area contributed by atoms with Crippen molar-refractivity contribution in [2.24, 2.45) is 0 Å². The fourth-order valence-electron chi connectivity index (χ4n) is 2.36. The summed E-state index contributed by atoms with van der Waals surface area (Å²) < 4.78 is 0. The lowest BCUT2D eigenvalue weighted by atomic mass is 9.92. The number of hydrogen-bond donors (Lipinski definition) is 1. The summed E-state index contributed by atoms with van der Waals surface area (Å²) in [6, 6.07) is 11.5. The quantitative estimate of drug-likeness (QED) is 0.768. The average Bonchev–Trinajstić information content (AvgIpc) is 2.80. The Balaban J connectivity index is 2.15. The molecule has 1 unspecified atom stereocenters. The summed E-state index contributed by atoms with van der Waals surface area (Å²) in [7, 11) is 1.25. The Morgan fingerprint density at radius 2 is 2.20 bits per heavy atom. The molecule has 1 saturated heterocycles. The second-order valence-corrected chi connectivity index (χ2v) is 4.94.